The molecule has 0 aliphatic carbocycles. The van der Waals surface area contributed by atoms with Crippen LogP contribution in [0.4, 0.5) is 0 Å². The van der Waals surface area contributed by atoms with E-state index in [1.165, 1.54) is 25.7 Å². The van der Waals surface area contributed by atoms with Crippen molar-refractivity contribution in [2.45, 2.75) is 103 Å². The molecule has 0 radical (unpaired) electrons. The first-order valence-electron chi connectivity index (χ1n) is 12.4. The summed E-state index contributed by atoms with van der Waals surface area (Å²) in [6, 6.07) is 0. The molecule has 2 fully saturated rings. The van der Waals surface area contributed by atoms with Gasteiger partial charge in [-0.15, -0.1) is 0 Å². The molecule has 2 heterocycles. The highest BCUT2D eigenvalue weighted by Gasteiger charge is 2.23. The van der Waals surface area contributed by atoms with Crippen molar-refractivity contribution >= 4 is 20.0 Å². The zero-order valence-electron chi connectivity index (χ0n) is 18.9. The SMILES string of the molecule is O=S(=O)(CCCCCCCCCCCCS(=O)(=O)N1CCCCC1)N1CCCCC1. The van der Waals surface area contributed by atoms with Gasteiger partial charge in [-0.1, -0.05) is 64.2 Å². The Morgan fingerprint density at radius 1 is 0.400 bits per heavy atom. The summed E-state index contributed by atoms with van der Waals surface area (Å²) in [6.07, 6.45) is 16.9. The third kappa shape index (κ3) is 9.96. The van der Waals surface area contributed by atoms with Crippen LogP contribution < -0.4 is 0 Å². The fourth-order valence-electron chi connectivity index (χ4n) is 4.53. The maximum atomic E-state index is 12.3. The molecule has 0 bridgehead atoms. The molecular weight excluding hydrogens is 420 g/mol. The largest absolute Gasteiger partial charge is 0.214 e. The summed E-state index contributed by atoms with van der Waals surface area (Å²) in [5.74, 6) is 0.626. The lowest BCUT2D eigenvalue weighted by molar-refractivity contribution is 0.345. The molecule has 0 aromatic rings. The zero-order valence-corrected chi connectivity index (χ0v) is 20.5. The molecule has 8 heteroatoms. The van der Waals surface area contributed by atoms with Gasteiger partial charge in [0.15, 0.2) is 0 Å². The molecule has 0 aromatic carbocycles. The molecule has 0 atom stereocenters. The first kappa shape index (κ1) is 26.1. The first-order chi connectivity index (χ1) is 14.4. The summed E-state index contributed by atoms with van der Waals surface area (Å²) in [5, 5.41) is 0. The number of unbranched alkanes of at least 4 members (excludes halogenated alkanes) is 9. The summed E-state index contributed by atoms with van der Waals surface area (Å²) in [6.45, 7) is 2.86. The zero-order chi connectivity index (χ0) is 21.7. The number of rotatable bonds is 15. The predicted molar refractivity (Wildman–Crippen MR) is 125 cm³/mol. The van der Waals surface area contributed by atoms with E-state index in [2.05, 4.69) is 0 Å². The van der Waals surface area contributed by atoms with Crippen LogP contribution in [0.15, 0.2) is 0 Å². The van der Waals surface area contributed by atoms with Gasteiger partial charge in [-0.05, 0) is 38.5 Å². The highest BCUT2D eigenvalue weighted by atomic mass is 32.2. The van der Waals surface area contributed by atoms with Crippen molar-refractivity contribution in [3.8, 4) is 0 Å². The summed E-state index contributed by atoms with van der Waals surface area (Å²) >= 11 is 0. The molecular formula is C22H44N2O4S2. The Balaban J connectivity index is 1.39. The average molecular weight is 465 g/mol. The van der Waals surface area contributed by atoms with Crippen LogP contribution >= 0.6 is 0 Å². The van der Waals surface area contributed by atoms with E-state index in [4.69, 9.17) is 0 Å². The number of piperidine rings is 2. The molecule has 2 aliphatic rings. The van der Waals surface area contributed by atoms with E-state index < -0.39 is 20.0 Å². The van der Waals surface area contributed by atoms with E-state index >= 15 is 0 Å². The van der Waals surface area contributed by atoms with Crippen molar-refractivity contribution in [1.82, 2.24) is 8.61 Å². The van der Waals surface area contributed by atoms with Gasteiger partial charge in [-0.2, -0.15) is 0 Å². The van der Waals surface area contributed by atoms with Gasteiger partial charge in [-0.3, -0.25) is 0 Å². The van der Waals surface area contributed by atoms with Gasteiger partial charge in [0.2, 0.25) is 20.0 Å². The molecule has 2 rings (SSSR count). The Kier molecular flexibility index (Phi) is 12.2. The van der Waals surface area contributed by atoms with Crippen LogP contribution in [-0.2, 0) is 20.0 Å². The Morgan fingerprint density at radius 2 is 0.667 bits per heavy atom. The lowest BCUT2D eigenvalue weighted by Crippen LogP contribution is -2.37. The van der Waals surface area contributed by atoms with Crippen LogP contribution in [0.25, 0.3) is 0 Å². The van der Waals surface area contributed by atoms with Gasteiger partial charge < -0.3 is 0 Å². The molecule has 0 spiro atoms. The van der Waals surface area contributed by atoms with E-state index in [9.17, 15) is 16.8 Å². The number of hydrogen-bond acceptors (Lipinski definition) is 4. The van der Waals surface area contributed by atoms with Gasteiger partial charge in [0.25, 0.3) is 0 Å². The van der Waals surface area contributed by atoms with Gasteiger partial charge in [0.1, 0.15) is 0 Å². The minimum Gasteiger partial charge on any atom is -0.212 e. The lowest BCUT2D eigenvalue weighted by atomic mass is 10.1. The lowest BCUT2D eigenvalue weighted by Gasteiger charge is -2.25. The highest BCUT2D eigenvalue weighted by molar-refractivity contribution is 7.89. The van der Waals surface area contributed by atoms with E-state index in [0.29, 0.717) is 37.7 Å². The Bertz CT molecular complexity index is 595. The second kappa shape index (κ2) is 14.1. The van der Waals surface area contributed by atoms with Crippen LogP contribution in [0.3, 0.4) is 0 Å². The molecule has 2 saturated heterocycles. The molecule has 0 amide bonds. The summed E-state index contributed by atoms with van der Waals surface area (Å²) in [5.41, 5.74) is 0. The maximum Gasteiger partial charge on any atom is 0.214 e. The van der Waals surface area contributed by atoms with Crippen LogP contribution in [-0.4, -0.2) is 63.1 Å². The highest BCUT2D eigenvalue weighted by Crippen LogP contribution is 2.17. The maximum absolute atomic E-state index is 12.3. The molecule has 0 N–H and O–H groups in total. The number of sulfonamides is 2. The third-order valence-electron chi connectivity index (χ3n) is 6.47. The van der Waals surface area contributed by atoms with Gasteiger partial charge in [-0.25, -0.2) is 25.4 Å². The molecule has 2 aliphatic heterocycles. The van der Waals surface area contributed by atoms with Gasteiger partial charge in [0.05, 0.1) is 11.5 Å². The van der Waals surface area contributed by atoms with E-state index in [1.807, 2.05) is 0 Å². The van der Waals surface area contributed by atoms with Crippen molar-refractivity contribution in [3.05, 3.63) is 0 Å². The number of nitrogens with zero attached hydrogens (tertiary/aromatic N) is 2. The normalized spacial score (nSPS) is 19.9. The minimum absolute atomic E-state index is 0.313. The Hall–Kier alpha value is -0.180. The monoisotopic (exact) mass is 464 g/mol. The van der Waals surface area contributed by atoms with Crippen molar-refractivity contribution in [3.63, 3.8) is 0 Å². The molecule has 6 nitrogen and oxygen atoms in total. The third-order valence-corrected chi connectivity index (χ3v) is 10.4. The molecule has 30 heavy (non-hydrogen) atoms. The second-order valence-corrected chi connectivity index (χ2v) is 13.3. The van der Waals surface area contributed by atoms with Gasteiger partial charge in [0, 0.05) is 26.2 Å². The first-order valence-corrected chi connectivity index (χ1v) is 15.6. The fourth-order valence-corrected chi connectivity index (χ4v) is 7.81. The summed E-state index contributed by atoms with van der Waals surface area (Å²) in [4.78, 5) is 0. The smallest absolute Gasteiger partial charge is 0.212 e. The van der Waals surface area contributed by atoms with Crippen LogP contribution in [0, 0.1) is 0 Å². The van der Waals surface area contributed by atoms with Crippen LogP contribution in [0.2, 0.25) is 0 Å². The van der Waals surface area contributed by atoms with Crippen molar-refractivity contribution in [2.75, 3.05) is 37.7 Å². The Labute approximate surface area is 185 Å². The minimum atomic E-state index is -3.02. The molecule has 178 valence electrons. The molecule has 0 aromatic heterocycles. The number of hydrogen-bond donors (Lipinski definition) is 0. The Morgan fingerprint density at radius 3 is 0.967 bits per heavy atom. The van der Waals surface area contributed by atoms with Crippen LogP contribution in [0.5, 0.6) is 0 Å². The molecule has 0 saturated carbocycles. The predicted octanol–water partition coefficient (Wildman–Crippen LogP) is 4.52. The van der Waals surface area contributed by atoms with Gasteiger partial charge >= 0.3 is 0 Å². The fraction of sp³-hybridized carbons (Fsp3) is 1.00. The summed E-state index contributed by atoms with van der Waals surface area (Å²) in [7, 11) is -6.05. The molecule has 0 unspecified atom stereocenters. The van der Waals surface area contributed by atoms with Crippen molar-refractivity contribution in [1.29, 1.82) is 0 Å². The van der Waals surface area contributed by atoms with Crippen molar-refractivity contribution in [2.24, 2.45) is 0 Å². The average Bonchev–Trinajstić information content (AvgIpc) is 2.75. The topological polar surface area (TPSA) is 74.8 Å². The van der Waals surface area contributed by atoms with Crippen molar-refractivity contribution < 1.29 is 16.8 Å². The quantitative estimate of drug-likeness (QED) is 0.334. The van der Waals surface area contributed by atoms with Crippen LogP contribution in [0.1, 0.15) is 103 Å². The van der Waals surface area contributed by atoms with E-state index in [1.54, 1.807) is 8.61 Å². The summed E-state index contributed by atoms with van der Waals surface area (Å²) < 4.78 is 52.5. The van der Waals surface area contributed by atoms with E-state index in [-0.39, 0.29) is 0 Å². The van der Waals surface area contributed by atoms with E-state index in [0.717, 1.165) is 77.0 Å². The second-order valence-electron chi connectivity index (χ2n) is 9.09. The standard InChI is InChI=1S/C22H44N2O4S2/c25-29(26,23-17-11-9-12-18-23)21-15-7-5-3-1-2-4-6-8-16-22-30(27,28)24-19-13-10-14-20-24/h1-22H2.